The largest absolute Gasteiger partial charge is 0.494 e. The summed E-state index contributed by atoms with van der Waals surface area (Å²) in [6.07, 6.45) is 5.46. The highest BCUT2D eigenvalue weighted by Crippen LogP contribution is 2.37. The molecular weight excluding hydrogens is 386 g/mol. The van der Waals surface area contributed by atoms with Crippen LogP contribution in [0.15, 0.2) is 24.3 Å². The number of benzene rings is 1. The van der Waals surface area contributed by atoms with E-state index in [1.807, 2.05) is 24.3 Å². The van der Waals surface area contributed by atoms with Gasteiger partial charge in [-0.15, -0.1) is 11.3 Å². The van der Waals surface area contributed by atoms with E-state index in [1.54, 1.807) is 11.3 Å². The molecule has 0 spiro atoms. The van der Waals surface area contributed by atoms with Gasteiger partial charge in [-0.25, -0.2) is 9.78 Å². The number of nitrogens with zero attached hydrogens (tertiary/aromatic N) is 2. The van der Waals surface area contributed by atoms with Gasteiger partial charge in [-0.1, -0.05) is 0 Å². The lowest BCUT2D eigenvalue weighted by Crippen LogP contribution is -2.29. The van der Waals surface area contributed by atoms with Crippen LogP contribution in [-0.2, 0) is 6.42 Å². The van der Waals surface area contributed by atoms with Crippen molar-refractivity contribution < 1.29 is 14.6 Å². The number of nitrogens with one attached hydrogen (secondary N) is 1. The fraction of sp³-hybridized carbons (Fsp3) is 0.545. The van der Waals surface area contributed by atoms with Gasteiger partial charge < -0.3 is 20.1 Å². The van der Waals surface area contributed by atoms with E-state index in [1.165, 1.54) is 24.3 Å². The maximum atomic E-state index is 11.0. The molecule has 2 aromatic rings. The van der Waals surface area contributed by atoms with Crippen LogP contribution < -0.4 is 10.1 Å². The Morgan fingerprint density at radius 2 is 2.14 bits per heavy atom. The first kappa shape index (κ1) is 20.2. The van der Waals surface area contributed by atoms with E-state index in [4.69, 9.17) is 14.8 Å². The number of aryl methyl sites for hydroxylation is 1. The number of hydrogen-bond acceptors (Lipinski definition) is 5. The first-order valence-corrected chi connectivity index (χ1v) is 11.4. The molecule has 0 saturated carbocycles. The number of likely N-dealkylation sites (tertiary alicyclic amines) is 1. The summed E-state index contributed by atoms with van der Waals surface area (Å²) in [7, 11) is 0. The van der Waals surface area contributed by atoms with Gasteiger partial charge in [-0.3, -0.25) is 0 Å². The van der Waals surface area contributed by atoms with Crippen molar-refractivity contribution in [3.05, 3.63) is 34.8 Å². The van der Waals surface area contributed by atoms with Crippen LogP contribution >= 0.6 is 11.3 Å². The zero-order valence-electron chi connectivity index (χ0n) is 16.9. The maximum Gasteiger partial charge on any atom is 0.405 e. The van der Waals surface area contributed by atoms with E-state index in [9.17, 15) is 4.79 Å². The van der Waals surface area contributed by atoms with Gasteiger partial charge in [-0.2, -0.15) is 0 Å². The van der Waals surface area contributed by atoms with E-state index < -0.39 is 6.09 Å². The highest BCUT2D eigenvalue weighted by Gasteiger charge is 2.26. The molecule has 2 heterocycles. The second-order valence-electron chi connectivity index (χ2n) is 7.98. The van der Waals surface area contributed by atoms with Crippen LogP contribution in [0.2, 0.25) is 0 Å². The average molecular weight is 416 g/mol. The number of amides is 1. The van der Waals surface area contributed by atoms with Gasteiger partial charge in [0, 0.05) is 23.0 Å². The van der Waals surface area contributed by atoms with E-state index in [0.29, 0.717) is 6.04 Å². The minimum absolute atomic E-state index is 0.192. The second kappa shape index (κ2) is 9.13. The molecule has 2 atom stereocenters. The lowest BCUT2D eigenvalue weighted by Gasteiger charge is -2.20. The Labute approximate surface area is 175 Å². The molecule has 7 heteroatoms. The number of thiazole rings is 1. The molecule has 1 saturated heterocycles. The lowest BCUT2D eigenvalue weighted by atomic mass is 9.98. The molecule has 1 aliphatic heterocycles. The van der Waals surface area contributed by atoms with Crippen LogP contribution in [0.4, 0.5) is 4.79 Å². The normalized spacial score (nSPS) is 21.7. The third kappa shape index (κ3) is 4.90. The number of ether oxygens (including phenoxy) is 1. The monoisotopic (exact) mass is 415 g/mol. The maximum absolute atomic E-state index is 11.0. The van der Waals surface area contributed by atoms with Gasteiger partial charge in [-0.05, 0) is 76.3 Å². The summed E-state index contributed by atoms with van der Waals surface area (Å²) < 4.78 is 5.92. The summed E-state index contributed by atoms with van der Waals surface area (Å²) in [5.41, 5.74) is 1.95. The molecule has 2 unspecified atom stereocenters. The van der Waals surface area contributed by atoms with Crippen molar-refractivity contribution >= 4 is 17.4 Å². The second-order valence-corrected chi connectivity index (χ2v) is 9.06. The summed E-state index contributed by atoms with van der Waals surface area (Å²) in [6, 6.07) is 8.61. The van der Waals surface area contributed by atoms with Crippen molar-refractivity contribution in [3.8, 4) is 16.3 Å². The van der Waals surface area contributed by atoms with Crippen molar-refractivity contribution in [2.24, 2.45) is 0 Å². The van der Waals surface area contributed by atoms with Crippen molar-refractivity contribution in [3.63, 3.8) is 0 Å². The molecule has 1 aromatic heterocycles. The van der Waals surface area contributed by atoms with Gasteiger partial charge in [0.2, 0.25) is 0 Å². The molecule has 2 aliphatic rings. The molecule has 1 amide bonds. The fourth-order valence-electron chi connectivity index (χ4n) is 4.31. The standard InChI is InChI=1S/C22H29N3O3S/c1-15-5-3-12-25(15)13-4-14-28-17-10-8-16(9-11-17)21-24-20-18(23-22(26)27)6-2-7-19(20)29-21/h8-11,15,18,23H,2-7,12-14H2,1H3,(H,26,27). The molecule has 4 rings (SSSR count). The van der Waals surface area contributed by atoms with Crippen LogP contribution in [0.25, 0.3) is 10.6 Å². The quantitative estimate of drug-likeness (QED) is 0.641. The number of carbonyl (C=O) groups is 1. The van der Waals surface area contributed by atoms with Gasteiger partial charge in [0.05, 0.1) is 18.3 Å². The summed E-state index contributed by atoms with van der Waals surface area (Å²) in [5, 5.41) is 12.6. The third-order valence-electron chi connectivity index (χ3n) is 5.90. The summed E-state index contributed by atoms with van der Waals surface area (Å²) in [6.45, 7) is 5.37. The SMILES string of the molecule is CC1CCCN1CCCOc1ccc(-c2nc3c(s2)CCCC3NC(=O)O)cc1. The van der Waals surface area contributed by atoms with Crippen LogP contribution in [0, 0.1) is 0 Å². The van der Waals surface area contributed by atoms with Crippen LogP contribution in [-0.4, -0.2) is 46.8 Å². The molecule has 0 bridgehead atoms. The highest BCUT2D eigenvalue weighted by atomic mass is 32.1. The Bertz CT molecular complexity index is 836. The lowest BCUT2D eigenvalue weighted by molar-refractivity contribution is 0.188. The smallest absolute Gasteiger partial charge is 0.405 e. The van der Waals surface area contributed by atoms with Crippen LogP contribution in [0.5, 0.6) is 5.75 Å². The minimum Gasteiger partial charge on any atom is -0.494 e. The highest BCUT2D eigenvalue weighted by molar-refractivity contribution is 7.15. The van der Waals surface area contributed by atoms with Crippen molar-refractivity contribution in [1.82, 2.24) is 15.2 Å². The first-order chi connectivity index (χ1) is 14.1. The molecule has 6 nitrogen and oxygen atoms in total. The van der Waals surface area contributed by atoms with E-state index in [0.717, 1.165) is 60.8 Å². The first-order valence-electron chi connectivity index (χ1n) is 10.6. The Hall–Kier alpha value is -2.12. The molecule has 2 N–H and O–H groups in total. The topological polar surface area (TPSA) is 74.7 Å². The Kier molecular flexibility index (Phi) is 6.35. The van der Waals surface area contributed by atoms with Gasteiger partial charge in [0.1, 0.15) is 10.8 Å². The van der Waals surface area contributed by atoms with Gasteiger partial charge in [0.25, 0.3) is 0 Å². The number of fused-ring (bicyclic) bond motifs is 1. The zero-order valence-corrected chi connectivity index (χ0v) is 17.7. The molecular formula is C22H29N3O3S. The Morgan fingerprint density at radius 1 is 1.31 bits per heavy atom. The minimum atomic E-state index is -0.988. The van der Waals surface area contributed by atoms with Gasteiger partial charge in [0.15, 0.2) is 0 Å². The Morgan fingerprint density at radius 3 is 2.86 bits per heavy atom. The predicted octanol–water partition coefficient (Wildman–Crippen LogP) is 4.71. The Balaban J connectivity index is 1.33. The average Bonchev–Trinajstić information content (AvgIpc) is 3.32. The molecule has 156 valence electrons. The van der Waals surface area contributed by atoms with E-state index in [2.05, 4.69) is 17.1 Å². The van der Waals surface area contributed by atoms with Crippen molar-refractivity contribution in [1.29, 1.82) is 0 Å². The number of hydrogen-bond donors (Lipinski definition) is 2. The summed E-state index contributed by atoms with van der Waals surface area (Å²) in [5.74, 6) is 0.884. The van der Waals surface area contributed by atoms with E-state index >= 15 is 0 Å². The molecule has 1 fully saturated rings. The molecule has 29 heavy (non-hydrogen) atoms. The number of rotatable bonds is 7. The fourth-order valence-corrected chi connectivity index (χ4v) is 5.48. The number of aromatic nitrogens is 1. The van der Waals surface area contributed by atoms with Crippen molar-refractivity contribution in [2.45, 2.75) is 57.5 Å². The number of carboxylic acid groups (broad SMARTS) is 1. The molecule has 1 aromatic carbocycles. The van der Waals surface area contributed by atoms with Crippen LogP contribution in [0.1, 0.15) is 55.6 Å². The van der Waals surface area contributed by atoms with Crippen LogP contribution in [0.3, 0.4) is 0 Å². The zero-order chi connectivity index (χ0) is 20.2. The van der Waals surface area contributed by atoms with E-state index in [-0.39, 0.29) is 6.04 Å². The third-order valence-corrected chi connectivity index (χ3v) is 7.08. The molecule has 0 radical (unpaired) electrons. The van der Waals surface area contributed by atoms with Gasteiger partial charge >= 0.3 is 6.09 Å². The molecule has 1 aliphatic carbocycles. The van der Waals surface area contributed by atoms with Crippen molar-refractivity contribution in [2.75, 3.05) is 19.7 Å². The predicted molar refractivity (Wildman–Crippen MR) is 115 cm³/mol. The summed E-state index contributed by atoms with van der Waals surface area (Å²) >= 11 is 1.67. The summed E-state index contributed by atoms with van der Waals surface area (Å²) in [4.78, 5) is 19.5.